The molecule has 90 valence electrons. The molecule has 0 amide bonds. The van der Waals surface area contributed by atoms with Crippen molar-refractivity contribution in [2.24, 2.45) is 18.7 Å². The van der Waals surface area contributed by atoms with Gasteiger partial charge in [-0.1, -0.05) is 0 Å². The predicted octanol–water partition coefficient (Wildman–Crippen LogP) is 1.95. The third-order valence-electron chi connectivity index (χ3n) is 4.04. The monoisotopic (exact) mass is 230 g/mol. The van der Waals surface area contributed by atoms with E-state index in [-0.39, 0.29) is 0 Å². The molecule has 1 unspecified atom stereocenters. The summed E-state index contributed by atoms with van der Waals surface area (Å²) in [5, 5.41) is 10.8. The molecule has 0 aliphatic heterocycles. The number of hydrogen-bond acceptors (Lipinski definition) is 2. The number of rotatable bonds is 1. The van der Waals surface area contributed by atoms with E-state index >= 15 is 0 Å². The number of phenolic OH excluding ortho intramolecular Hbond substituents is 1. The number of fused-ring (bicyclic) bond motifs is 3. The third kappa shape index (κ3) is 1.53. The van der Waals surface area contributed by atoms with Crippen LogP contribution in [-0.4, -0.2) is 16.2 Å². The van der Waals surface area contributed by atoms with E-state index in [2.05, 4.69) is 11.6 Å². The molecule has 3 heteroatoms. The number of phenols is 1. The van der Waals surface area contributed by atoms with E-state index in [0.717, 1.165) is 19.4 Å². The molecule has 3 rings (SSSR count). The molecular formula is C14H18N2O. The van der Waals surface area contributed by atoms with Crippen molar-refractivity contribution in [1.82, 2.24) is 4.57 Å². The van der Waals surface area contributed by atoms with Crippen LogP contribution in [-0.2, 0) is 19.9 Å². The number of benzene rings is 1. The van der Waals surface area contributed by atoms with Gasteiger partial charge in [0.25, 0.3) is 0 Å². The fraction of sp³-hybridized carbons (Fsp3) is 0.429. The Labute approximate surface area is 101 Å². The molecule has 0 bridgehead atoms. The first-order chi connectivity index (χ1) is 8.20. The molecule has 1 atom stereocenters. The average molecular weight is 230 g/mol. The van der Waals surface area contributed by atoms with Gasteiger partial charge in [-0.3, -0.25) is 0 Å². The van der Waals surface area contributed by atoms with E-state index in [0.29, 0.717) is 11.7 Å². The van der Waals surface area contributed by atoms with Gasteiger partial charge in [0, 0.05) is 23.6 Å². The molecule has 1 aromatic carbocycles. The zero-order valence-electron chi connectivity index (χ0n) is 10.1. The number of aromatic hydroxyl groups is 1. The average Bonchev–Trinajstić information content (AvgIpc) is 2.62. The highest BCUT2D eigenvalue weighted by Crippen LogP contribution is 2.34. The summed E-state index contributed by atoms with van der Waals surface area (Å²) in [5.41, 5.74) is 9.80. The molecule has 1 aliphatic carbocycles. The molecule has 0 radical (unpaired) electrons. The second-order valence-electron chi connectivity index (χ2n) is 5.03. The smallest absolute Gasteiger partial charge is 0.116 e. The molecule has 2 aromatic rings. The van der Waals surface area contributed by atoms with Crippen LogP contribution in [0.2, 0.25) is 0 Å². The van der Waals surface area contributed by atoms with Crippen LogP contribution in [0, 0.1) is 5.92 Å². The van der Waals surface area contributed by atoms with Gasteiger partial charge in [0.2, 0.25) is 0 Å². The van der Waals surface area contributed by atoms with Crippen molar-refractivity contribution >= 4 is 10.9 Å². The summed E-state index contributed by atoms with van der Waals surface area (Å²) in [5.74, 6) is 0.941. The number of nitrogens with zero attached hydrogens (tertiary/aromatic N) is 1. The van der Waals surface area contributed by atoms with Crippen molar-refractivity contribution in [1.29, 1.82) is 0 Å². The maximum atomic E-state index is 9.63. The zero-order valence-corrected chi connectivity index (χ0v) is 10.1. The predicted molar refractivity (Wildman–Crippen MR) is 69.2 cm³/mol. The van der Waals surface area contributed by atoms with E-state index in [1.807, 2.05) is 12.1 Å². The first kappa shape index (κ1) is 10.7. The van der Waals surface area contributed by atoms with Gasteiger partial charge in [0.05, 0.1) is 0 Å². The lowest BCUT2D eigenvalue weighted by Crippen LogP contribution is -2.22. The van der Waals surface area contributed by atoms with Gasteiger partial charge >= 0.3 is 0 Å². The summed E-state index contributed by atoms with van der Waals surface area (Å²) in [7, 11) is 2.11. The second-order valence-corrected chi connectivity index (χ2v) is 5.03. The van der Waals surface area contributed by atoms with E-state index in [4.69, 9.17) is 5.73 Å². The van der Waals surface area contributed by atoms with E-state index < -0.39 is 0 Å². The Morgan fingerprint density at radius 1 is 1.47 bits per heavy atom. The van der Waals surface area contributed by atoms with Crippen LogP contribution in [0.4, 0.5) is 0 Å². The zero-order chi connectivity index (χ0) is 12.0. The lowest BCUT2D eigenvalue weighted by atomic mass is 9.86. The van der Waals surface area contributed by atoms with E-state index in [1.165, 1.54) is 28.6 Å². The molecule has 3 N–H and O–H groups in total. The molecular weight excluding hydrogens is 212 g/mol. The second kappa shape index (κ2) is 3.77. The minimum Gasteiger partial charge on any atom is -0.508 e. The SMILES string of the molecule is Cn1c2c(c3cc(O)ccc31)CC(CN)CC2. The summed E-state index contributed by atoms with van der Waals surface area (Å²) in [4.78, 5) is 0. The first-order valence-corrected chi connectivity index (χ1v) is 6.20. The van der Waals surface area contributed by atoms with Crippen molar-refractivity contribution in [3.05, 3.63) is 29.5 Å². The van der Waals surface area contributed by atoms with Crippen LogP contribution in [0.25, 0.3) is 10.9 Å². The maximum Gasteiger partial charge on any atom is 0.116 e. The molecule has 1 heterocycles. The molecule has 0 fully saturated rings. The van der Waals surface area contributed by atoms with Gasteiger partial charge in [-0.2, -0.15) is 0 Å². The molecule has 17 heavy (non-hydrogen) atoms. The van der Waals surface area contributed by atoms with Gasteiger partial charge < -0.3 is 15.4 Å². The molecule has 1 aromatic heterocycles. The summed E-state index contributed by atoms with van der Waals surface area (Å²) in [6, 6.07) is 5.64. The molecule has 0 saturated carbocycles. The highest BCUT2D eigenvalue weighted by molar-refractivity contribution is 5.87. The summed E-state index contributed by atoms with van der Waals surface area (Å²) < 4.78 is 2.26. The van der Waals surface area contributed by atoms with Crippen LogP contribution in [0.15, 0.2) is 18.2 Å². The maximum absolute atomic E-state index is 9.63. The fourth-order valence-electron chi connectivity index (χ4n) is 3.04. The Balaban J connectivity index is 2.23. The van der Waals surface area contributed by atoms with Gasteiger partial charge in [-0.15, -0.1) is 0 Å². The number of nitrogens with two attached hydrogens (primary N) is 1. The van der Waals surface area contributed by atoms with Gasteiger partial charge in [-0.05, 0) is 55.5 Å². The van der Waals surface area contributed by atoms with E-state index in [9.17, 15) is 5.11 Å². The van der Waals surface area contributed by atoms with E-state index in [1.54, 1.807) is 6.07 Å². The lowest BCUT2D eigenvalue weighted by Gasteiger charge is -2.21. The standard InChI is InChI=1S/C14H18N2O/c1-16-13-4-2-9(8-15)6-11(13)12-7-10(17)3-5-14(12)16/h3,5,7,9,17H,2,4,6,8,15H2,1H3. The Bertz CT molecular complexity index is 571. The number of aromatic nitrogens is 1. The van der Waals surface area contributed by atoms with Crippen LogP contribution in [0.1, 0.15) is 17.7 Å². The number of hydrogen-bond donors (Lipinski definition) is 2. The highest BCUT2D eigenvalue weighted by Gasteiger charge is 2.23. The van der Waals surface area contributed by atoms with Crippen molar-refractivity contribution in [2.45, 2.75) is 19.3 Å². The van der Waals surface area contributed by atoms with Crippen molar-refractivity contribution < 1.29 is 5.11 Å². The van der Waals surface area contributed by atoms with Crippen molar-refractivity contribution in [2.75, 3.05) is 6.54 Å². The molecule has 3 nitrogen and oxygen atoms in total. The number of aryl methyl sites for hydroxylation is 1. The van der Waals surface area contributed by atoms with Crippen LogP contribution in [0.3, 0.4) is 0 Å². The Hall–Kier alpha value is -1.48. The Morgan fingerprint density at radius 3 is 3.06 bits per heavy atom. The third-order valence-corrected chi connectivity index (χ3v) is 4.04. The molecule has 1 aliphatic rings. The van der Waals surface area contributed by atoms with Crippen molar-refractivity contribution in [3.8, 4) is 5.75 Å². The molecule has 0 saturated heterocycles. The van der Waals surface area contributed by atoms with Gasteiger partial charge in [-0.25, -0.2) is 0 Å². The van der Waals surface area contributed by atoms with Crippen LogP contribution in [0.5, 0.6) is 5.75 Å². The largest absolute Gasteiger partial charge is 0.508 e. The topological polar surface area (TPSA) is 51.2 Å². The molecule has 0 spiro atoms. The highest BCUT2D eigenvalue weighted by atomic mass is 16.3. The van der Waals surface area contributed by atoms with Gasteiger partial charge in [0.15, 0.2) is 0 Å². The summed E-state index contributed by atoms with van der Waals surface area (Å²) >= 11 is 0. The van der Waals surface area contributed by atoms with Gasteiger partial charge in [0.1, 0.15) is 5.75 Å². The normalized spacial score (nSPS) is 19.5. The summed E-state index contributed by atoms with van der Waals surface area (Å²) in [6.07, 6.45) is 3.33. The fourth-order valence-corrected chi connectivity index (χ4v) is 3.04. The quantitative estimate of drug-likeness (QED) is 0.786. The Kier molecular flexibility index (Phi) is 2.37. The summed E-state index contributed by atoms with van der Waals surface area (Å²) in [6.45, 7) is 0.759. The van der Waals surface area contributed by atoms with Crippen LogP contribution >= 0.6 is 0 Å². The van der Waals surface area contributed by atoms with Crippen molar-refractivity contribution in [3.63, 3.8) is 0 Å². The minimum absolute atomic E-state index is 0.348. The van der Waals surface area contributed by atoms with Crippen LogP contribution < -0.4 is 5.73 Å². The first-order valence-electron chi connectivity index (χ1n) is 6.20. The Morgan fingerprint density at radius 2 is 2.29 bits per heavy atom. The lowest BCUT2D eigenvalue weighted by molar-refractivity contribution is 0.461. The minimum atomic E-state index is 0.348.